The standard InChI is InChI=1S/C10H18N2O5S/c1-3-7(4-2)6-18(16,17)11-10(13)8-5-9(8)12(14)15/h7-9H,3-6H2,1-2H3,(H,11,13)/t8-,9-/m1/s1. The van der Waals surface area contributed by atoms with Gasteiger partial charge in [0.2, 0.25) is 22.0 Å². The number of carbonyl (C=O) groups excluding carboxylic acids is 1. The third-order valence-corrected chi connectivity index (χ3v) is 4.65. The monoisotopic (exact) mass is 278 g/mol. The number of nitro groups is 1. The van der Waals surface area contributed by atoms with E-state index in [9.17, 15) is 23.3 Å². The van der Waals surface area contributed by atoms with Gasteiger partial charge in [0, 0.05) is 11.3 Å². The number of rotatable bonds is 7. The molecule has 0 aromatic rings. The van der Waals surface area contributed by atoms with Crippen LogP contribution in [-0.4, -0.2) is 31.0 Å². The minimum absolute atomic E-state index is 0.000755. The first-order valence-electron chi connectivity index (χ1n) is 5.98. The predicted octanol–water partition coefficient (Wildman–Crippen LogP) is 0.534. The molecule has 1 amide bonds. The van der Waals surface area contributed by atoms with Crippen molar-refractivity contribution in [3.63, 3.8) is 0 Å². The lowest BCUT2D eigenvalue weighted by Crippen LogP contribution is -2.36. The molecule has 0 bridgehead atoms. The van der Waals surface area contributed by atoms with Gasteiger partial charge < -0.3 is 0 Å². The van der Waals surface area contributed by atoms with Crippen molar-refractivity contribution in [1.29, 1.82) is 0 Å². The molecule has 0 heterocycles. The Bertz CT molecular complexity index is 430. The molecule has 7 nitrogen and oxygen atoms in total. The SMILES string of the molecule is CCC(CC)CS(=O)(=O)NC(=O)[C@@H]1C[C@H]1[N+](=O)[O-]. The minimum Gasteiger partial charge on any atom is -0.273 e. The van der Waals surface area contributed by atoms with Gasteiger partial charge in [0.25, 0.3) is 0 Å². The highest BCUT2D eigenvalue weighted by atomic mass is 32.2. The van der Waals surface area contributed by atoms with E-state index in [0.29, 0.717) is 12.8 Å². The molecule has 2 atom stereocenters. The van der Waals surface area contributed by atoms with E-state index >= 15 is 0 Å². The molecule has 0 aromatic carbocycles. The topological polar surface area (TPSA) is 106 Å². The first kappa shape index (κ1) is 14.9. The number of hydrogen-bond acceptors (Lipinski definition) is 5. The van der Waals surface area contributed by atoms with Crippen molar-refractivity contribution in [1.82, 2.24) is 4.72 Å². The molecule has 0 unspecified atom stereocenters. The van der Waals surface area contributed by atoms with Crippen LogP contribution in [0.4, 0.5) is 0 Å². The fraction of sp³-hybridized carbons (Fsp3) is 0.900. The largest absolute Gasteiger partial charge is 0.273 e. The van der Waals surface area contributed by atoms with Crippen LogP contribution in [0.15, 0.2) is 0 Å². The molecule has 1 N–H and O–H groups in total. The molecule has 1 rings (SSSR count). The Morgan fingerprint density at radius 3 is 2.39 bits per heavy atom. The molecule has 1 aliphatic carbocycles. The van der Waals surface area contributed by atoms with Crippen molar-refractivity contribution >= 4 is 15.9 Å². The second-order valence-corrected chi connectivity index (χ2v) is 6.39. The molecule has 1 aliphatic rings. The van der Waals surface area contributed by atoms with Gasteiger partial charge in [-0.2, -0.15) is 0 Å². The van der Waals surface area contributed by atoms with Gasteiger partial charge in [-0.25, -0.2) is 8.42 Å². The van der Waals surface area contributed by atoms with Crippen molar-refractivity contribution in [2.24, 2.45) is 11.8 Å². The summed E-state index contributed by atoms with van der Waals surface area (Å²) in [5.74, 6) is -1.65. The molecule has 0 aliphatic heterocycles. The molecule has 0 saturated heterocycles. The normalized spacial score (nSPS) is 22.8. The minimum atomic E-state index is -3.68. The second-order valence-electron chi connectivity index (χ2n) is 4.63. The van der Waals surface area contributed by atoms with Crippen LogP contribution in [0.25, 0.3) is 0 Å². The van der Waals surface area contributed by atoms with Gasteiger partial charge in [0.1, 0.15) is 5.92 Å². The zero-order valence-corrected chi connectivity index (χ0v) is 11.3. The van der Waals surface area contributed by atoms with Gasteiger partial charge in [-0.3, -0.25) is 19.6 Å². The molecule has 18 heavy (non-hydrogen) atoms. The Balaban J connectivity index is 2.51. The van der Waals surface area contributed by atoms with Gasteiger partial charge in [0.05, 0.1) is 5.75 Å². The molecule has 0 radical (unpaired) electrons. The third kappa shape index (κ3) is 3.94. The Kier molecular flexibility index (Phi) is 4.66. The molecule has 8 heteroatoms. The maximum absolute atomic E-state index is 11.7. The van der Waals surface area contributed by atoms with Crippen molar-refractivity contribution in [3.8, 4) is 0 Å². The Morgan fingerprint density at radius 2 is 2.00 bits per heavy atom. The summed E-state index contributed by atoms with van der Waals surface area (Å²) in [7, 11) is -3.68. The van der Waals surface area contributed by atoms with Crippen LogP contribution < -0.4 is 4.72 Å². The predicted molar refractivity (Wildman–Crippen MR) is 64.9 cm³/mol. The summed E-state index contributed by atoms with van der Waals surface area (Å²) >= 11 is 0. The van der Waals surface area contributed by atoms with Crippen molar-refractivity contribution in [2.45, 2.75) is 39.2 Å². The average molecular weight is 278 g/mol. The zero-order valence-electron chi connectivity index (χ0n) is 10.5. The smallest absolute Gasteiger partial charge is 0.243 e. The Morgan fingerprint density at radius 1 is 1.44 bits per heavy atom. The van der Waals surface area contributed by atoms with E-state index in [1.54, 1.807) is 0 Å². The van der Waals surface area contributed by atoms with E-state index in [-0.39, 0.29) is 18.1 Å². The Labute approximate surface area is 106 Å². The van der Waals surface area contributed by atoms with E-state index < -0.39 is 32.8 Å². The summed E-state index contributed by atoms with van der Waals surface area (Å²) in [6.07, 6.45) is 1.55. The van der Waals surface area contributed by atoms with E-state index in [2.05, 4.69) is 0 Å². The lowest BCUT2D eigenvalue weighted by Gasteiger charge is -2.12. The van der Waals surface area contributed by atoms with Crippen molar-refractivity contribution in [2.75, 3.05) is 5.75 Å². The molecule has 1 fully saturated rings. The fourth-order valence-corrected chi connectivity index (χ4v) is 3.43. The van der Waals surface area contributed by atoms with Crippen LogP contribution in [-0.2, 0) is 14.8 Å². The molecular formula is C10H18N2O5S. The van der Waals surface area contributed by atoms with Gasteiger partial charge in [-0.15, -0.1) is 0 Å². The molecule has 0 aromatic heterocycles. The first-order valence-corrected chi connectivity index (χ1v) is 7.63. The average Bonchev–Trinajstić information content (AvgIpc) is 3.05. The Hall–Kier alpha value is -1.18. The van der Waals surface area contributed by atoms with E-state index in [4.69, 9.17) is 0 Å². The van der Waals surface area contributed by atoms with Crippen LogP contribution in [0, 0.1) is 22.0 Å². The summed E-state index contributed by atoms with van der Waals surface area (Å²) in [6.45, 7) is 3.77. The highest BCUT2D eigenvalue weighted by molar-refractivity contribution is 7.90. The summed E-state index contributed by atoms with van der Waals surface area (Å²) in [6, 6.07) is -0.923. The van der Waals surface area contributed by atoms with E-state index in [1.165, 1.54) is 0 Å². The van der Waals surface area contributed by atoms with Crippen LogP contribution in [0.5, 0.6) is 0 Å². The highest BCUT2D eigenvalue weighted by Crippen LogP contribution is 2.33. The van der Waals surface area contributed by atoms with Gasteiger partial charge in [-0.05, 0) is 5.92 Å². The summed E-state index contributed by atoms with van der Waals surface area (Å²) in [4.78, 5) is 21.3. The summed E-state index contributed by atoms with van der Waals surface area (Å²) in [5.41, 5.74) is 0. The number of amides is 1. The second kappa shape index (κ2) is 5.64. The first-order chi connectivity index (χ1) is 8.30. The number of carbonyl (C=O) groups is 1. The number of nitrogens with one attached hydrogen (secondary N) is 1. The molecular weight excluding hydrogens is 260 g/mol. The number of hydrogen-bond donors (Lipinski definition) is 1. The zero-order chi connectivity index (χ0) is 13.9. The maximum atomic E-state index is 11.7. The van der Waals surface area contributed by atoms with Crippen LogP contribution in [0.2, 0.25) is 0 Å². The van der Waals surface area contributed by atoms with Gasteiger partial charge >= 0.3 is 0 Å². The molecule has 104 valence electrons. The van der Waals surface area contributed by atoms with Crippen molar-refractivity contribution < 1.29 is 18.1 Å². The number of nitrogens with zero attached hydrogens (tertiary/aromatic N) is 1. The maximum Gasteiger partial charge on any atom is 0.243 e. The number of sulfonamides is 1. The molecule has 1 saturated carbocycles. The fourth-order valence-electron chi connectivity index (χ4n) is 1.80. The van der Waals surface area contributed by atoms with Gasteiger partial charge in [-0.1, -0.05) is 26.7 Å². The quantitative estimate of drug-likeness (QED) is 0.540. The lowest BCUT2D eigenvalue weighted by molar-refractivity contribution is -0.497. The van der Waals surface area contributed by atoms with Crippen LogP contribution >= 0.6 is 0 Å². The summed E-state index contributed by atoms with van der Waals surface area (Å²) < 4.78 is 25.3. The van der Waals surface area contributed by atoms with Crippen molar-refractivity contribution in [3.05, 3.63) is 10.1 Å². The van der Waals surface area contributed by atoms with Crippen LogP contribution in [0.3, 0.4) is 0 Å². The molecule has 0 spiro atoms. The highest BCUT2D eigenvalue weighted by Gasteiger charge is 2.54. The van der Waals surface area contributed by atoms with E-state index in [1.807, 2.05) is 18.6 Å². The lowest BCUT2D eigenvalue weighted by atomic mass is 10.1. The van der Waals surface area contributed by atoms with Gasteiger partial charge in [0.15, 0.2) is 0 Å². The van der Waals surface area contributed by atoms with Crippen LogP contribution in [0.1, 0.15) is 33.1 Å². The third-order valence-electron chi connectivity index (χ3n) is 3.23. The van der Waals surface area contributed by atoms with E-state index in [0.717, 1.165) is 0 Å². The summed E-state index contributed by atoms with van der Waals surface area (Å²) in [5, 5.41) is 10.4.